The van der Waals surface area contributed by atoms with Crippen LogP contribution < -0.4 is 11.4 Å². The summed E-state index contributed by atoms with van der Waals surface area (Å²) in [5, 5.41) is 31.4. The second-order valence-corrected chi connectivity index (χ2v) is 20.9. The van der Waals surface area contributed by atoms with Crippen LogP contribution in [0.15, 0.2) is 114 Å². The number of carbonyl (C=O) groups is 2. The van der Waals surface area contributed by atoms with Crippen molar-refractivity contribution >= 4 is 33.4 Å². The van der Waals surface area contributed by atoms with Gasteiger partial charge in [-0.3, -0.25) is 23.2 Å². The molecule has 0 saturated carbocycles. The molecule has 1 saturated heterocycles. The lowest BCUT2D eigenvalue weighted by Gasteiger charge is -2.21. The first-order valence-electron chi connectivity index (χ1n) is 26.4. The van der Waals surface area contributed by atoms with Crippen LogP contribution in [0.25, 0.3) is 0 Å². The van der Waals surface area contributed by atoms with Crippen LogP contribution in [-0.2, 0) is 46.3 Å². The van der Waals surface area contributed by atoms with Crippen LogP contribution in [0.1, 0.15) is 155 Å². The molecule has 21 heteroatoms. The second kappa shape index (κ2) is 40.8. The summed E-state index contributed by atoms with van der Waals surface area (Å²) in [5.41, 5.74) is 4.57. The molecule has 0 aromatic carbocycles. The number of ether oxygens (including phenoxy) is 3. The van der Waals surface area contributed by atoms with E-state index < -0.39 is 89.8 Å². The smallest absolute Gasteiger partial charge is 0.462 e. The van der Waals surface area contributed by atoms with E-state index in [1.54, 1.807) is 12.2 Å². The van der Waals surface area contributed by atoms with Crippen LogP contribution in [-0.4, -0.2) is 96.9 Å². The fraction of sp³-hybridized carbons (Fsp3) is 0.593. The molecule has 0 spiro atoms. The van der Waals surface area contributed by atoms with Crippen molar-refractivity contribution in [2.75, 3.05) is 25.6 Å². The molecule has 3 unspecified atom stereocenters. The summed E-state index contributed by atoms with van der Waals surface area (Å²) in [6, 6.07) is 1.23. The number of carbonyl (C=O) groups excluding carboxylic acids is 2. The molecule has 0 radical (unpaired) electrons. The van der Waals surface area contributed by atoms with E-state index in [1.807, 2.05) is 12.2 Å². The Morgan fingerprint density at radius 1 is 0.720 bits per heavy atom. The number of nitrogens with two attached hydrogens (primary N) is 1. The van der Waals surface area contributed by atoms with Crippen molar-refractivity contribution in [3.63, 3.8) is 0 Å². The highest BCUT2D eigenvalue weighted by Crippen LogP contribution is 2.60. The molecule has 8 atom stereocenters. The van der Waals surface area contributed by atoms with E-state index in [2.05, 4.69) is 90.0 Å². The number of rotatable bonds is 42. The number of allylic oxidation sites excluding steroid dienone is 15. The molecule has 1 aromatic heterocycles. The normalized spacial score (nSPS) is 20.0. The minimum atomic E-state index is -5.49. The highest BCUT2D eigenvalue weighted by molar-refractivity contribution is 7.61. The van der Waals surface area contributed by atoms with Crippen molar-refractivity contribution in [1.29, 1.82) is 0 Å². The predicted octanol–water partition coefficient (Wildman–Crippen LogP) is 10.2. The lowest BCUT2D eigenvalue weighted by molar-refractivity contribution is -0.161. The third-order valence-electron chi connectivity index (χ3n) is 11.3. The molecule has 1 aromatic rings. The van der Waals surface area contributed by atoms with Gasteiger partial charge in [0.1, 0.15) is 30.7 Å². The Bertz CT molecular complexity index is 2150. The molecule has 75 heavy (non-hydrogen) atoms. The molecule has 0 amide bonds. The average molecular weight is 1090 g/mol. The number of aliphatic hydroxyl groups excluding tert-OH is 3. The molecule has 1 aliphatic heterocycles. The van der Waals surface area contributed by atoms with Crippen LogP contribution in [0.3, 0.4) is 0 Å². The minimum Gasteiger partial charge on any atom is -0.462 e. The molecule has 0 aliphatic carbocycles. The molecule has 7 N–H and O–H groups in total. The maximum Gasteiger partial charge on any atom is 0.481 e. The molecule has 0 bridgehead atoms. The number of hydrogen-bond donors (Lipinski definition) is 6. The molecule has 19 nitrogen and oxygen atoms in total. The van der Waals surface area contributed by atoms with Crippen LogP contribution in [0, 0.1) is 0 Å². The van der Waals surface area contributed by atoms with E-state index in [4.69, 9.17) is 29.0 Å². The fourth-order valence-electron chi connectivity index (χ4n) is 7.16. The summed E-state index contributed by atoms with van der Waals surface area (Å²) >= 11 is 0. The van der Waals surface area contributed by atoms with Gasteiger partial charge in [-0.25, -0.2) is 13.9 Å². The lowest BCUT2D eigenvalue weighted by atomic mass is 10.1. The van der Waals surface area contributed by atoms with Crippen LogP contribution in [0.4, 0.5) is 5.82 Å². The molecule has 2 heterocycles. The van der Waals surface area contributed by atoms with E-state index in [9.17, 15) is 48.6 Å². The van der Waals surface area contributed by atoms with Crippen LogP contribution >= 0.6 is 15.6 Å². The maximum atomic E-state index is 12.9. The quantitative estimate of drug-likeness (QED) is 0.0117. The number of unbranched alkanes of at least 4 members (excludes halogenated alkanes) is 10. The number of anilines is 1. The highest BCUT2D eigenvalue weighted by atomic mass is 31.3. The molecular formula is C54H85N3O16P2. The summed E-state index contributed by atoms with van der Waals surface area (Å²) in [5.74, 6) is -1.61. The van der Waals surface area contributed by atoms with Crippen molar-refractivity contribution in [2.45, 2.75) is 185 Å². The monoisotopic (exact) mass is 1090 g/mol. The maximum absolute atomic E-state index is 12.9. The van der Waals surface area contributed by atoms with E-state index in [-0.39, 0.29) is 25.1 Å². The predicted molar refractivity (Wildman–Crippen MR) is 290 cm³/mol. The van der Waals surface area contributed by atoms with E-state index in [0.29, 0.717) is 12.8 Å². The van der Waals surface area contributed by atoms with E-state index >= 15 is 0 Å². The SMILES string of the molecule is CC/C=C\C/C=C\C/C=C\C/C=C\C/C=C\C=C/C(O)CCC(=O)O[C@H](COC(=O)CCCCCCCCC/C=C\C/C=C\CCCCC)COP(=O)(O)OP(=O)(O)OC[C@H]1O[C@@H](n2ccc(N)nc2=O)[C@H](O)[C@@H]1O. The Hall–Kier alpha value is -4.36. The number of nitrogens with zero attached hydrogens (tertiary/aromatic N) is 2. The van der Waals surface area contributed by atoms with Gasteiger partial charge in [-0.15, -0.1) is 0 Å². The third kappa shape index (κ3) is 33.4. The molecule has 422 valence electrons. The molecule has 1 fully saturated rings. The zero-order valence-electron chi connectivity index (χ0n) is 43.9. The Labute approximate surface area is 443 Å². The number of nitrogen functional groups attached to an aromatic ring is 1. The van der Waals surface area contributed by atoms with Gasteiger partial charge >= 0.3 is 33.3 Å². The van der Waals surface area contributed by atoms with Gasteiger partial charge in [-0.2, -0.15) is 9.29 Å². The zero-order valence-corrected chi connectivity index (χ0v) is 45.7. The first-order chi connectivity index (χ1) is 36.1. The topological polar surface area (TPSA) is 286 Å². The van der Waals surface area contributed by atoms with Gasteiger partial charge < -0.3 is 45.1 Å². The number of esters is 2. The average Bonchev–Trinajstić information content (AvgIpc) is 3.65. The molecule has 2 rings (SSSR count). The largest absolute Gasteiger partial charge is 0.481 e. The van der Waals surface area contributed by atoms with Crippen molar-refractivity contribution < 1.29 is 71.4 Å². The highest BCUT2D eigenvalue weighted by Gasteiger charge is 2.46. The number of aliphatic hydroxyl groups is 3. The van der Waals surface area contributed by atoms with Gasteiger partial charge in [0.25, 0.3) is 0 Å². The van der Waals surface area contributed by atoms with Crippen molar-refractivity contribution in [3.8, 4) is 0 Å². The van der Waals surface area contributed by atoms with Crippen molar-refractivity contribution in [3.05, 3.63) is 120 Å². The van der Waals surface area contributed by atoms with Crippen LogP contribution in [0.2, 0.25) is 0 Å². The number of aromatic nitrogens is 2. The Balaban J connectivity index is 1.86. The van der Waals surface area contributed by atoms with Crippen molar-refractivity contribution in [2.24, 2.45) is 0 Å². The number of phosphoric ester groups is 2. The summed E-state index contributed by atoms with van der Waals surface area (Å²) in [6.45, 7) is 1.77. The first kappa shape index (κ1) is 66.8. The van der Waals surface area contributed by atoms with Crippen molar-refractivity contribution in [1.82, 2.24) is 9.55 Å². The number of hydrogen-bond acceptors (Lipinski definition) is 16. The second-order valence-electron chi connectivity index (χ2n) is 17.8. The zero-order chi connectivity index (χ0) is 55.0. The lowest BCUT2D eigenvalue weighted by Crippen LogP contribution is -2.36. The Kier molecular flexibility index (Phi) is 36.3. The van der Waals surface area contributed by atoms with Gasteiger partial charge in [-0.05, 0) is 83.1 Å². The summed E-state index contributed by atoms with van der Waals surface area (Å²) in [4.78, 5) is 62.0. The standard InChI is InChI=1S/C54H85N3O16P2/c1-3-5-7-9-11-13-15-17-19-21-23-25-27-29-31-33-35-37-49(59)68-42-46(71-50(60)39-38-45(58)36-34-32-30-28-26-24-22-20-18-16-14-12-10-8-6-4-2)43-69-74(64,65)73-75(66,67)70-44-47-51(61)52(62)53(72-47)57-41-40-48(55)56-54(57)63/h6,8,11-14,17-20,24,26,30,32,34,36,40-41,45-47,51-53,58,61-62H,3-5,7,9-10,15-16,21-23,25,27-29,31,33,35,37-39,42-44H2,1-2H3,(H,64,65)(H,66,67)(H2,55,56,63)/b8-6-,13-11-,14-12-,19-17-,20-18-,26-24-,32-30-,36-34-/t45?,46-,47-,51-,52-,53-/m1/s1. The van der Waals surface area contributed by atoms with Gasteiger partial charge in [0.15, 0.2) is 12.3 Å². The summed E-state index contributed by atoms with van der Waals surface area (Å²) in [7, 11) is -11.0. The molecule has 1 aliphatic rings. The van der Waals surface area contributed by atoms with Gasteiger partial charge in [-0.1, -0.05) is 156 Å². The van der Waals surface area contributed by atoms with Gasteiger partial charge in [0.2, 0.25) is 0 Å². The first-order valence-corrected chi connectivity index (χ1v) is 29.3. The van der Waals surface area contributed by atoms with Crippen LogP contribution in [0.5, 0.6) is 0 Å². The molecular weight excluding hydrogens is 1010 g/mol. The van der Waals surface area contributed by atoms with E-state index in [0.717, 1.165) is 94.2 Å². The number of phosphoric acid groups is 2. The minimum absolute atomic E-state index is 0.0565. The van der Waals surface area contributed by atoms with Gasteiger partial charge in [0.05, 0.1) is 19.3 Å². The third-order valence-corrected chi connectivity index (χ3v) is 13.9. The summed E-state index contributed by atoms with van der Waals surface area (Å²) in [6.07, 6.45) is 42.3. The van der Waals surface area contributed by atoms with E-state index in [1.165, 1.54) is 31.4 Å². The van der Waals surface area contributed by atoms with Gasteiger partial charge in [0, 0.05) is 19.0 Å². The Morgan fingerprint density at radius 2 is 1.28 bits per heavy atom. The fourth-order valence-corrected chi connectivity index (χ4v) is 9.27. The Morgan fingerprint density at radius 3 is 1.89 bits per heavy atom. The summed E-state index contributed by atoms with van der Waals surface area (Å²) < 4.78 is 56.6.